The Morgan fingerprint density at radius 3 is 2.63 bits per heavy atom. The summed E-state index contributed by atoms with van der Waals surface area (Å²) < 4.78 is 2.00. The Kier molecular flexibility index (Phi) is 4.26. The number of allylic oxidation sites excluding steroid dienone is 2. The van der Waals surface area contributed by atoms with Crippen molar-refractivity contribution in [3.8, 4) is 0 Å². The van der Waals surface area contributed by atoms with Crippen molar-refractivity contribution in [1.82, 2.24) is 19.9 Å². The lowest BCUT2D eigenvalue weighted by Gasteiger charge is -2.29. The first-order valence-electron chi connectivity index (χ1n) is 9.74. The Morgan fingerprint density at radius 2 is 1.85 bits per heavy atom. The van der Waals surface area contributed by atoms with Gasteiger partial charge < -0.3 is 15.5 Å². The number of nitrogens with zero attached hydrogens (tertiary/aromatic N) is 4. The third-order valence-corrected chi connectivity index (χ3v) is 5.37. The number of piperazine rings is 1. The van der Waals surface area contributed by atoms with E-state index in [-0.39, 0.29) is 0 Å². The molecule has 27 heavy (non-hydrogen) atoms. The second-order valence-corrected chi connectivity index (χ2v) is 7.17. The van der Waals surface area contributed by atoms with Crippen LogP contribution in [-0.2, 0) is 0 Å². The summed E-state index contributed by atoms with van der Waals surface area (Å²) in [5.41, 5.74) is 5.86. The van der Waals surface area contributed by atoms with E-state index in [0.29, 0.717) is 5.95 Å². The summed E-state index contributed by atoms with van der Waals surface area (Å²) in [6.45, 7) is 4.20. The highest BCUT2D eigenvalue weighted by atomic mass is 15.3. The van der Waals surface area contributed by atoms with Crippen LogP contribution in [0.3, 0.4) is 0 Å². The molecule has 5 rings (SSSR count). The van der Waals surface area contributed by atoms with Gasteiger partial charge in [0.2, 0.25) is 5.95 Å². The van der Waals surface area contributed by atoms with E-state index < -0.39 is 0 Å². The van der Waals surface area contributed by atoms with Gasteiger partial charge in [-0.1, -0.05) is 6.08 Å². The molecule has 2 N–H and O–H groups in total. The minimum absolute atomic E-state index is 0.619. The zero-order valence-electron chi connectivity index (χ0n) is 15.4. The van der Waals surface area contributed by atoms with Crippen molar-refractivity contribution in [1.29, 1.82) is 0 Å². The SMILES string of the molecule is C1=C(c2ccc3cnc(Nc4ccc(N5CCNCC5)cc4)nn23)CCC1. The van der Waals surface area contributed by atoms with Crippen LogP contribution in [0.25, 0.3) is 11.1 Å². The maximum atomic E-state index is 4.72. The molecule has 0 unspecified atom stereocenters. The van der Waals surface area contributed by atoms with Crippen molar-refractivity contribution in [2.75, 3.05) is 36.4 Å². The molecule has 2 aromatic heterocycles. The number of aromatic nitrogens is 3. The van der Waals surface area contributed by atoms with E-state index in [1.807, 2.05) is 10.7 Å². The van der Waals surface area contributed by atoms with Crippen molar-refractivity contribution in [3.05, 3.63) is 54.4 Å². The second-order valence-electron chi connectivity index (χ2n) is 7.17. The first-order chi connectivity index (χ1) is 13.4. The quantitative estimate of drug-likeness (QED) is 0.746. The van der Waals surface area contributed by atoms with Crippen molar-refractivity contribution in [2.24, 2.45) is 0 Å². The number of hydrogen-bond acceptors (Lipinski definition) is 5. The molecule has 2 aliphatic rings. The number of fused-ring (bicyclic) bond motifs is 1. The summed E-state index contributed by atoms with van der Waals surface area (Å²) in [7, 11) is 0. The summed E-state index contributed by atoms with van der Waals surface area (Å²) in [5, 5.41) is 11.5. The summed E-state index contributed by atoms with van der Waals surface area (Å²) in [4.78, 5) is 6.88. The minimum Gasteiger partial charge on any atom is -0.369 e. The summed E-state index contributed by atoms with van der Waals surface area (Å²) in [6, 6.07) is 12.8. The number of benzene rings is 1. The molecule has 1 aliphatic carbocycles. The molecule has 6 heteroatoms. The van der Waals surface area contributed by atoms with Gasteiger partial charge in [-0.15, -0.1) is 5.10 Å². The van der Waals surface area contributed by atoms with Crippen LogP contribution in [0.1, 0.15) is 25.0 Å². The van der Waals surface area contributed by atoms with Gasteiger partial charge in [-0.05, 0) is 61.2 Å². The van der Waals surface area contributed by atoms with Gasteiger partial charge in [-0.25, -0.2) is 9.50 Å². The first kappa shape index (κ1) is 16.3. The highest BCUT2D eigenvalue weighted by Gasteiger charge is 2.13. The van der Waals surface area contributed by atoms with Crippen molar-refractivity contribution in [3.63, 3.8) is 0 Å². The van der Waals surface area contributed by atoms with Crippen molar-refractivity contribution in [2.45, 2.75) is 19.3 Å². The lowest BCUT2D eigenvalue weighted by atomic mass is 10.2. The zero-order valence-corrected chi connectivity index (χ0v) is 15.4. The third-order valence-electron chi connectivity index (χ3n) is 5.37. The van der Waals surface area contributed by atoms with E-state index in [9.17, 15) is 0 Å². The molecule has 138 valence electrons. The fourth-order valence-corrected chi connectivity index (χ4v) is 3.91. The van der Waals surface area contributed by atoms with Crippen LogP contribution in [0, 0.1) is 0 Å². The number of anilines is 3. The average Bonchev–Trinajstić information content (AvgIpc) is 3.38. The molecule has 0 atom stereocenters. The van der Waals surface area contributed by atoms with Gasteiger partial charge in [0.1, 0.15) is 0 Å². The van der Waals surface area contributed by atoms with Crippen molar-refractivity contribution >= 4 is 28.4 Å². The minimum atomic E-state index is 0.619. The van der Waals surface area contributed by atoms with Crippen LogP contribution >= 0.6 is 0 Å². The van der Waals surface area contributed by atoms with E-state index >= 15 is 0 Å². The number of nitrogens with one attached hydrogen (secondary N) is 2. The Balaban J connectivity index is 1.37. The molecule has 0 spiro atoms. The molecule has 6 nitrogen and oxygen atoms in total. The standard InChI is InChI=1S/C21H24N6/c1-2-4-16(3-1)20-10-9-19-15-23-21(25-27(19)20)24-17-5-7-18(8-6-17)26-13-11-22-12-14-26/h3,5-10,15,22H,1-2,4,11-14H2,(H,24,25). The van der Waals surface area contributed by atoms with Crippen LogP contribution in [0.4, 0.5) is 17.3 Å². The molecule has 1 aromatic carbocycles. The molecule has 1 saturated heterocycles. The van der Waals surface area contributed by atoms with Crippen LogP contribution in [-0.4, -0.2) is 40.8 Å². The maximum Gasteiger partial charge on any atom is 0.245 e. The van der Waals surface area contributed by atoms with E-state index in [1.54, 1.807) is 0 Å². The lowest BCUT2D eigenvalue weighted by Crippen LogP contribution is -2.43. The molecule has 0 amide bonds. The van der Waals surface area contributed by atoms with Gasteiger partial charge in [0.25, 0.3) is 0 Å². The van der Waals surface area contributed by atoms with E-state index in [2.05, 4.69) is 63.0 Å². The van der Waals surface area contributed by atoms with E-state index in [1.165, 1.54) is 23.4 Å². The Bertz CT molecular complexity index is 966. The zero-order chi connectivity index (χ0) is 18.1. The predicted molar refractivity (Wildman–Crippen MR) is 110 cm³/mol. The fourth-order valence-electron chi connectivity index (χ4n) is 3.91. The molecule has 3 aromatic rings. The second kappa shape index (κ2) is 7.04. The first-order valence-corrected chi connectivity index (χ1v) is 9.74. The summed E-state index contributed by atoms with van der Waals surface area (Å²) in [5.74, 6) is 0.619. The smallest absolute Gasteiger partial charge is 0.245 e. The number of rotatable bonds is 4. The molecule has 3 heterocycles. The average molecular weight is 360 g/mol. The molecular formula is C21H24N6. The Labute approximate surface area is 158 Å². The fraction of sp³-hybridized carbons (Fsp3) is 0.333. The topological polar surface area (TPSA) is 57.5 Å². The van der Waals surface area contributed by atoms with Crippen molar-refractivity contribution < 1.29 is 0 Å². The van der Waals surface area contributed by atoms with E-state index in [0.717, 1.165) is 50.2 Å². The summed E-state index contributed by atoms with van der Waals surface area (Å²) >= 11 is 0. The van der Waals surface area contributed by atoms with Crippen LogP contribution in [0.5, 0.6) is 0 Å². The summed E-state index contributed by atoms with van der Waals surface area (Å²) in [6.07, 6.45) is 7.73. The van der Waals surface area contributed by atoms with Gasteiger partial charge in [-0.2, -0.15) is 0 Å². The van der Waals surface area contributed by atoms with Gasteiger partial charge >= 0.3 is 0 Å². The normalized spacial score (nSPS) is 17.3. The van der Waals surface area contributed by atoms with Gasteiger partial charge in [0.15, 0.2) is 0 Å². The van der Waals surface area contributed by atoms with E-state index in [4.69, 9.17) is 5.10 Å². The molecular weight excluding hydrogens is 336 g/mol. The predicted octanol–water partition coefficient (Wildman–Crippen LogP) is 3.45. The van der Waals surface area contributed by atoms with Gasteiger partial charge in [-0.3, -0.25) is 0 Å². The molecule has 0 radical (unpaired) electrons. The van der Waals surface area contributed by atoms with Gasteiger partial charge in [0.05, 0.1) is 17.4 Å². The number of hydrogen-bond donors (Lipinski definition) is 2. The molecule has 0 bridgehead atoms. The Hall–Kier alpha value is -2.86. The van der Waals surface area contributed by atoms with Crippen LogP contribution in [0.2, 0.25) is 0 Å². The molecule has 1 aliphatic heterocycles. The highest BCUT2D eigenvalue weighted by molar-refractivity contribution is 5.69. The third kappa shape index (κ3) is 3.28. The van der Waals surface area contributed by atoms with Gasteiger partial charge in [0, 0.05) is 37.6 Å². The molecule has 1 fully saturated rings. The van der Waals surface area contributed by atoms with Crippen LogP contribution < -0.4 is 15.5 Å². The maximum absolute atomic E-state index is 4.72. The monoisotopic (exact) mass is 360 g/mol. The van der Waals surface area contributed by atoms with Crippen LogP contribution in [0.15, 0.2) is 48.7 Å². The Morgan fingerprint density at radius 1 is 1.00 bits per heavy atom. The molecule has 0 saturated carbocycles. The highest BCUT2D eigenvalue weighted by Crippen LogP contribution is 2.28. The lowest BCUT2D eigenvalue weighted by molar-refractivity contribution is 0.589. The largest absolute Gasteiger partial charge is 0.369 e.